The molecule has 2 rings (SSSR count). The maximum absolute atomic E-state index is 5.48. The molecule has 2 aromatic rings. The Morgan fingerprint density at radius 1 is 0.920 bits per heavy atom. The lowest BCUT2D eigenvalue weighted by Crippen LogP contribution is -2.18. The smallest absolute Gasteiger partial charge is 0.203 e. The SMILES string of the molecule is CCOc1ccc(C(C)NCc2cc(OC)c(OC)c(OC)c2)cc1. The van der Waals surface area contributed by atoms with Crippen molar-refractivity contribution in [1.29, 1.82) is 0 Å². The van der Waals surface area contributed by atoms with Gasteiger partial charge in [-0.2, -0.15) is 0 Å². The molecule has 0 amide bonds. The average molecular weight is 345 g/mol. The second kappa shape index (κ2) is 9.18. The minimum Gasteiger partial charge on any atom is -0.494 e. The fourth-order valence-electron chi connectivity index (χ4n) is 2.65. The summed E-state index contributed by atoms with van der Waals surface area (Å²) in [4.78, 5) is 0. The summed E-state index contributed by atoms with van der Waals surface area (Å²) in [5.41, 5.74) is 2.27. The number of nitrogens with one attached hydrogen (secondary N) is 1. The molecule has 0 aliphatic rings. The molecule has 0 aliphatic heterocycles. The van der Waals surface area contributed by atoms with Crippen LogP contribution in [0.25, 0.3) is 0 Å². The lowest BCUT2D eigenvalue weighted by atomic mass is 10.1. The number of ether oxygens (including phenoxy) is 4. The van der Waals surface area contributed by atoms with Crippen molar-refractivity contribution in [2.24, 2.45) is 0 Å². The Kier molecular flexibility index (Phi) is 6.95. The minimum absolute atomic E-state index is 0.203. The third-order valence-electron chi connectivity index (χ3n) is 4.03. The summed E-state index contributed by atoms with van der Waals surface area (Å²) in [7, 11) is 4.85. The third kappa shape index (κ3) is 4.79. The zero-order valence-corrected chi connectivity index (χ0v) is 15.6. The third-order valence-corrected chi connectivity index (χ3v) is 4.03. The van der Waals surface area contributed by atoms with Gasteiger partial charge in [-0.3, -0.25) is 0 Å². The Bertz CT molecular complexity index is 645. The summed E-state index contributed by atoms with van der Waals surface area (Å²) in [5.74, 6) is 2.82. The summed E-state index contributed by atoms with van der Waals surface area (Å²) in [6, 6.07) is 12.3. The van der Waals surface area contributed by atoms with Gasteiger partial charge in [-0.1, -0.05) is 12.1 Å². The summed E-state index contributed by atoms with van der Waals surface area (Å²) in [6.07, 6.45) is 0. The minimum atomic E-state index is 0.203. The van der Waals surface area contributed by atoms with Crippen LogP contribution >= 0.6 is 0 Å². The van der Waals surface area contributed by atoms with Gasteiger partial charge in [0.2, 0.25) is 5.75 Å². The van der Waals surface area contributed by atoms with Crippen LogP contribution in [0, 0.1) is 0 Å². The highest BCUT2D eigenvalue weighted by Crippen LogP contribution is 2.38. The summed E-state index contributed by atoms with van der Waals surface area (Å²) >= 11 is 0. The molecule has 0 saturated carbocycles. The highest BCUT2D eigenvalue weighted by Gasteiger charge is 2.14. The van der Waals surface area contributed by atoms with E-state index in [1.165, 1.54) is 5.56 Å². The van der Waals surface area contributed by atoms with Crippen LogP contribution in [-0.4, -0.2) is 27.9 Å². The number of methoxy groups -OCH3 is 3. The predicted octanol–water partition coefficient (Wildman–Crippen LogP) is 3.96. The van der Waals surface area contributed by atoms with Crippen LogP contribution in [0.2, 0.25) is 0 Å². The van der Waals surface area contributed by atoms with Gasteiger partial charge < -0.3 is 24.3 Å². The van der Waals surface area contributed by atoms with Crippen LogP contribution in [0.4, 0.5) is 0 Å². The van der Waals surface area contributed by atoms with Crippen LogP contribution in [0.5, 0.6) is 23.0 Å². The molecular formula is C20H27NO4. The van der Waals surface area contributed by atoms with Gasteiger partial charge in [0.1, 0.15) is 5.75 Å². The fourth-order valence-corrected chi connectivity index (χ4v) is 2.65. The van der Waals surface area contributed by atoms with Gasteiger partial charge in [0.05, 0.1) is 27.9 Å². The zero-order chi connectivity index (χ0) is 18.2. The van der Waals surface area contributed by atoms with Crippen molar-refractivity contribution in [3.05, 3.63) is 47.5 Å². The largest absolute Gasteiger partial charge is 0.494 e. The first-order valence-electron chi connectivity index (χ1n) is 8.37. The van der Waals surface area contributed by atoms with E-state index in [2.05, 4.69) is 24.4 Å². The lowest BCUT2D eigenvalue weighted by Gasteiger charge is -2.17. The molecule has 0 aromatic heterocycles. The highest BCUT2D eigenvalue weighted by molar-refractivity contribution is 5.53. The van der Waals surface area contributed by atoms with Crippen molar-refractivity contribution in [2.45, 2.75) is 26.4 Å². The number of rotatable bonds is 9. The molecule has 0 aliphatic carbocycles. The van der Waals surface area contributed by atoms with E-state index in [-0.39, 0.29) is 6.04 Å². The molecular weight excluding hydrogens is 318 g/mol. The van der Waals surface area contributed by atoms with Crippen molar-refractivity contribution in [3.63, 3.8) is 0 Å². The molecule has 0 radical (unpaired) electrons. The maximum atomic E-state index is 5.48. The highest BCUT2D eigenvalue weighted by atomic mass is 16.5. The molecule has 2 aromatic carbocycles. The molecule has 0 fully saturated rings. The molecule has 1 atom stereocenters. The molecule has 1 N–H and O–H groups in total. The fraction of sp³-hybridized carbons (Fsp3) is 0.400. The first-order valence-corrected chi connectivity index (χ1v) is 8.37. The number of benzene rings is 2. The number of hydrogen-bond donors (Lipinski definition) is 1. The van der Waals surface area contributed by atoms with Crippen molar-refractivity contribution in [2.75, 3.05) is 27.9 Å². The monoisotopic (exact) mass is 345 g/mol. The summed E-state index contributed by atoms with van der Waals surface area (Å²) in [5, 5.41) is 3.51. The summed E-state index contributed by atoms with van der Waals surface area (Å²) in [6.45, 7) is 5.47. The van der Waals surface area contributed by atoms with Gasteiger partial charge in [-0.05, 0) is 49.2 Å². The van der Waals surface area contributed by atoms with Crippen LogP contribution in [0.1, 0.15) is 31.0 Å². The second-order valence-corrected chi connectivity index (χ2v) is 5.64. The molecule has 0 bridgehead atoms. The molecule has 5 nitrogen and oxygen atoms in total. The van der Waals surface area contributed by atoms with Gasteiger partial charge in [-0.25, -0.2) is 0 Å². The van der Waals surface area contributed by atoms with Gasteiger partial charge >= 0.3 is 0 Å². The Morgan fingerprint density at radius 2 is 1.52 bits per heavy atom. The predicted molar refractivity (Wildman–Crippen MR) is 99.0 cm³/mol. The van der Waals surface area contributed by atoms with Crippen LogP contribution in [0.15, 0.2) is 36.4 Å². The second-order valence-electron chi connectivity index (χ2n) is 5.64. The van der Waals surface area contributed by atoms with Crippen molar-refractivity contribution in [3.8, 4) is 23.0 Å². The first kappa shape index (κ1) is 18.9. The van der Waals surface area contributed by atoms with Crippen LogP contribution in [-0.2, 0) is 6.54 Å². The van der Waals surface area contributed by atoms with E-state index in [9.17, 15) is 0 Å². The summed E-state index contributed by atoms with van der Waals surface area (Å²) < 4.78 is 21.6. The molecule has 136 valence electrons. The van der Waals surface area contributed by atoms with Crippen LogP contribution < -0.4 is 24.3 Å². The van der Waals surface area contributed by atoms with E-state index < -0.39 is 0 Å². The van der Waals surface area contributed by atoms with Gasteiger partial charge in [0, 0.05) is 12.6 Å². The van der Waals surface area contributed by atoms with Crippen LogP contribution in [0.3, 0.4) is 0 Å². The Labute approximate surface area is 149 Å². The number of hydrogen-bond acceptors (Lipinski definition) is 5. The van der Waals surface area contributed by atoms with E-state index >= 15 is 0 Å². The quantitative estimate of drug-likeness (QED) is 0.745. The van der Waals surface area contributed by atoms with E-state index in [4.69, 9.17) is 18.9 Å². The van der Waals surface area contributed by atoms with E-state index in [0.717, 1.165) is 11.3 Å². The Balaban J connectivity index is 2.07. The zero-order valence-electron chi connectivity index (χ0n) is 15.6. The molecule has 0 spiro atoms. The first-order chi connectivity index (χ1) is 12.1. The maximum Gasteiger partial charge on any atom is 0.203 e. The van der Waals surface area contributed by atoms with E-state index in [1.54, 1.807) is 21.3 Å². The Hall–Kier alpha value is -2.40. The van der Waals surface area contributed by atoms with Crippen molar-refractivity contribution >= 4 is 0 Å². The molecule has 5 heteroatoms. The van der Waals surface area contributed by atoms with Gasteiger partial charge in [0.15, 0.2) is 11.5 Å². The van der Waals surface area contributed by atoms with Gasteiger partial charge in [0.25, 0.3) is 0 Å². The Morgan fingerprint density at radius 3 is 2.00 bits per heavy atom. The van der Waals surface area contributed by atoms with E-state index in [0.29, 0.717) is 30.4 Å². The van der Waals surface area contributed by atoms with E-state index in [1.807, 2.05) is 31.2 Å². The molecule has 1 unspecified atom stereocenters. The molecule has 25 heavy (non-hydrogen) atoms. The lowest BCUT2D eigenvalue weighted by molar-refractivity contribution is 0.323. The molecule has 0 saturated heterocycles. The average Bonchev–Trinajstić information content (AvgIpc) is 2.65. The van der Waals surface area contributed by atoms with Gasteiger partial charge in [-0.15, -0.1) is 0 Å². The topological polar surface area (TPSA) is 49.0 Å². The molecule has 0 heterocycles. The normalized spacial score (nSPS) is 11.7. The van der Waals surface area contributed by atoms with Crippen molar-refractivity contribution < 1.29 is 18.9 Å². The standard InChI is InChI=1S/C20H27NO4/c1-6-25-17-9-7-16(8-10-17)14(2)21-13-15-11-18(22-3)20(24-5)19(12-15)23-4/h7-12,14,21H,6,13H2,1-5H3. The van der Waals surface area contributed by atoms with Crippen molar-refractivity contribution in [1.82, 2.24) is 5.32 Å².